The Bertz CT molecular complexity index is 893. The van der Waals surface area contributed by atoms with E-state index in [0.717, 1.165) is 22.9 Å². The molecule has 0 spiro atoms. The van der Waals surface area contributed by atoms with Crippen molar-refractivity contribution >= 4 is 21.6 Å². The lowest BCUT2D eigenvalue weighted by Crippen LogP contribution is -2.45. The molecule has 0 radical (unpaired) electrons. The zero-order chi connectivity index (χ0) is 20.2. The van der Waals surface area contributed by atoms with Gasteiger partial charge in [-0.25, -0.2) is 8.42 Å². The normalized spacial score (nSPS) is 11.5. The van der Waals surface area contributed by atoms with Crippen LogP contribution in [0.15, 0.2) is 48.5 Å². The largest absolute Gasteiger partial charge is 0.334 e. The number of sulfonamides is 1. The fourth-order valence-corrected chi connectivity index (χ4v) is 3.67. The van der Waals surface area contributed by atoms with E-state index >= 15 is 0 Å². The average molecular weight is 389 g/mol. The zero-order valence-electron chi connectivity index (χ0n) is 16.6. The molecule has 1 amide bonds. The summed E-state index contributed by atoms with van der Waals surface area (Å²) in [5.74, 6) is -0.225. The third-order valence-corrected chi connectivity index (χ3v) is 5.74. The highest BCUT2D eigenvalue weighted by Gasteiger charge is 2.25. The maximum atomic E-state index is 13.0. The van der Waals surface area contributed by atoms with Gasteiger partial charge in [0.2, 0.25) is 15.9 Å². The second-order valence-electron chi connectivity index (χ2n) is 7.14. The highest BCUT2D eigenvalue weighted by atomic mass is 32.2. The lowest BCUT2D eigenvalue weighted by molar-refractivity contribution is -0.131. The van der Waals surface area contributed by atoms with E-state index in [1.165, 1.54) is 4.31 Å². The summed E-state index contributed by atoms with van der Waals surface area (Å²) in [5.41, 5.74) is 3.58. The minimum absolute atomic E-state index is 0.0427. The summed E-state index contributed by atoms with van der Waals surface area (Å²) < 4.78 is 25.9. The molecular formula is C21H28N2O3S. The Morgan fingerprint density at radius 2 is 1.63 bits per heavy atom. The van der Waals surface area contributed by atoms with Crippen LogP contribution in [-0.4, -0.2) is 38.1 Å². The Labute approximate surface area is 162 Å². The third-order valence-electron chi connectivity index (χ3n) is 4.60. The second kappa shape index (κ2) is 8.57. The molecule has 146 valence electrons. The molecule has 0 aliphatic heterocycles. The molecule has 0 atom stereocenters. The topological polar surface area (TPSA) is 57.7 Å². The van der Waals surface area contributed by atoms with Crippen molar-refractivity contribution in [1.29, 1.82) is 0 Å². The van der Waals surface area contributed by atoms with Gasteiger partial charge in [-0.15, -0.1) is 0 Å². The number of carbonyl (C=O) groups excluding carboxylic acids is 1. The van der Waals surface area contributed by atoms with Gasteiger partial charge in [-0.3, -0.25) is 9.10 Å². The van der Waals surface area contributed by atoms with Crippen molar-refractivity contribution in [3.05, 3.63) is 65.2 Å². The lowest BCUT2D eigenvalue weighted by atomic mass is 10.1. The summed E-state index contributed by atoms with van der Waals surface area (Å²) in [4.78, 5) is 14.7. The first-order valence-electron chi connectivity index (χ1n) is 8.98. The van der Waals surface area contributed by atoms with Gasteiger partial charge in [0.25, 0.3) is 0 Å². The molecule has 0 fully saturated rings. The van der Waals surface area contributed by atoms with Crippen molar-refractivity contribution in [3.63, 3.8) is 0 Å². The first-order chi connectivity index (χ1) is 12.6. The number of nitrogens with zero attached hydrogens (tertiary/aromatic N) is 2. The molecule has 0 saturated carbocycles. The van der Waals surface area contributed by atoms with Crippen molar-refractivity contribution in [2.75, 3.05) is 17.1 Å². The molecule has 0 aliphatic rings. The van der Waals surface area contributed by atoms with E-state index in [2.05, 4.69) is 0 Å². The van der Waals surface area contributed by atoms with Crippen LogP contribution in [0.2, 0.25) is 0 Å². The van der Waals surface area contributed by atoms with Crippen molar-refractivity contribution in [2.24, 2.45) is 0 Å². The van der Waals surface area contributed by atoms with Crippen LogP contribution >= 0.6 is 0 Å². The van der Waals surface area contributed by atoms with E-state index in [1.54, 1.807) is 17.0 Å². The number of benzene rings is 2. The summed E-state index contributed by atoms with van der Waals surface area (Å²) in [5, 5.41) is 0. The Kier molecular flexibility index (Phi) is 6.65. The highest BCUT2D eigenvalue weighted by Crippen LogP contribution is 2.22. The van der Waals surface area contributed by atoms with Gasteiger partial charge in [-0.05, 0) is 56.5 Å². The van der Waals surface area contributed by atoms with Crippen LogP contribution in [0.1, 0.15) is 30.5 Å². The number of carbonyl (C=O) groups is 1. The maximum absolute atomic E-state index is 13.0. The number of aryl methyl sites for hydroxylation is 2. The molecule has 6 heteroatoms. The number of amides is 1. The Hall–Kier alpha value is -2.34. The fraction of sp³-hybridized carbons (Fsp3) is 0.381. The number of rotatable bonds is 7. The molecule has 0 heterocycles. The number of anilines is 1. The van der Waals surface area contributed by atoms with Gasteiger partial charge in [-0.2, -0.15) is 0 Å². The monoisotopic (exact) mass is 388 g/mol. The molecule has 0 aromatic heterocycles. The molecule has 0 aliphatic carbocycles. The van der Waals surface area contributed by atoms with Gasteiger partial charge < -0.3 is 4.90 Å². The van der Waals surface area contributed by atoms with Gasteiger partial charge in [0.1, 0.15) is 6.54 Å². The molecule has 0 unspecified atom stereocenters. The Morgan fingerprint density at radius 1 is 1.00 bits per heavy atom. The standard InChI is InChI=1S/C21H28N2O3S/c1-16(2)22(14-19-9-7-6-8-10-19)21(24)15-23(27(5,25)26)20-12-11-17(3)18(4)13-20/h6-13,16H,14-15H2,1-5H3. The van der Waals surface area contributed by atoms with Crippen molar-refractivity contribution in [1.82, 2.24) is 4.90 Å². The molecule has 27 heavy (non-hydrogen) atoms. The van der Waals surface area contributed by atoms with Crippen LogP contribution in [0.25, 0.3) is 0 Å². The molecular weight excluding hydrogens is 360 g/mol. The second-order valence-corrected chi connectivity index (χ2v) is 9.05. The number of hydrogen-bond acceptors (Lipinski definition) is 3. The predicted octanol–water partition coefficient (Wildman–Crippen LogP) is 3.51. The minimum Gasteiger partial charge on any atom is -0.334 e. The van der Waals surface area contributed by atoms with Crippen LogP contribution in [-0.2, 0) is 21.4 Å². The first kappa shape index (κ1) is 21.0. The predicted molar refractivity (Wildman–Crippen MR) is 110 cm³/mol. The van der Waals surface area contributed by atoms with E-state index in [1.807, 2.05) is 64.1 Å². The summed E-state index contributed by atoms with van der Waals surface area (Å²) in [6.07, 6.45) is 1.13. The van der Waals surface area contributed by atoms with Crippen LogP contribution in [0, 0.1) is 13.8 Å². The van der Waals surface area contributed by atoms with Crippen LogP contribution < -0.4 is 4.31 Å². The van der Waals surface area contributed by atoms with Crippen molar-refractivity contribution < 1.29 is 13.2 Å². The van der Waals surface area contributed by atoms with Crippen molar-refractivity contribution in [3.8, 4) is 0 Å². The average Bonchev–Trinajstić information content (AvgIpc) is 2.59. The van der Waals surface area contributed by atoms with E-state index in [9.17, 15) is 13.2 Å². The lowest BCUT2D eigenvalue weighted by Gasteiger charge is -2.30. The summed E-state index contributed by atoms with van der Waals surface area (Å²) in [6.45, 7) is 7.99. The van der Waals surface area contributed by atoms with E-state index in [0.29, 0.717) is 12.2 Å². The molecule has 2 aromatic rings. The minimum atomic E-state index is -3.59. The summed E-state index contributed by atoms with van der Waals surface area (Å²) in [6, 6.07) is 15.1. The van der Waals surface area contributed by atoms with Gasteiger partial charge in [-0.1, -0.05) is 36.4 Å². The fourth-order valence-electron chi connectivity index (χ4n) is 2.83. The van der Waals surface area contributed by atoms with Crippen LogP contribution in [0.4, 0.5) is 5.69 Å². The molecule has 2 rings (SSSR count). The zero-order valence-corrected chi connectivity index (χ0v) is 17.5. The van der Waals surface area contributed by atoms with Gasteiger partial charge >= 0.3 is 0 Å². The van der Waals surface area contributed by atoms with Gasteiger partial charge in [0.05, 0.1) is 11.9 Å². The smallest absolute Gasteiger partial charge is 0.243 e. The van der Waals surface area contributed by atoms with Gasteiger partial charge in [0, 0.05) is 12.6 Å². The van der Waals surface area contributed by atoms with Crippen molar-refractivity contribution in [2.45, 2.75) is 40.3 Å². The highest BCUT2D eigenvalue weighted by molar-refractivity contribution is 7.92. The number of hydrogen-bond donors (Lipinski definition) is 0. The van der Waals surface area contributed by atoms with E-state index in [4.69, 9.17) is 0 Å². The SMILES string of the molecule is Cc1ccc(N(CC(=O)N(Cc2ccccc2)C(C)C)S(C)(=O)=O)cc1C. The van der Waals surface area contributed by atoms with Crippen LogP contribution in [0.5, 0.6) is 0 Å². The molecule has 0 bridgehead atoms. The van der Waals surface area contributed by atoms with E-state index < -0.39 is 10.0 Å². The molecule has 2 aromatic carbocycles. The third kappa shape index (κ3) is 5.57. The Balaban J connectivity index is 2.29. The molecule has 5 nitrogen and oxygen atoms in total. The molecule has 0 saturated heterocycles. The quantitative estimate of drug-likeness (QED) is 0.729. The van der Waals surface area contributed by atoms with Crippen LogP contribution in [0.3, 0.4) is 0 Å². The maximum Gasteiger partial charge on any atom is 0.243 e. The summed E-state index contributed by atoms with van der Waals surface area (Å²) in [7, 11) is -3.59. The van der Waals surface area contributed by atoms with E-state index in [-0.39, 0.29) is 18.5 Å². The molecule has 0 N–H and O–H groups in total. The summed E-state index contributed by atoms with van der Waals surface area (Å²) >= 11 is 0. The Morgan fingerprint density at radius 3 is 2.15 bits per heavy atom. The first-order valence-corrected chi connectivity index (χ1v) is 10.8. The van der Waals surface area contributed by atoms with Gasteiger partial charge in [0.15, 0.2) is 0 Å².